The fourth-order valence-electron chi connectivity index (χ4n) is 3.19. The third-order valence-corrected chi connectivity index (χ3v) is 4.34. The zero-order chi connectivity index (χ0) is 17.8. The van der Waals surface area contributed by atoms with Gasteiger partial charge in [-0.3, -0.25) is 0 Å². The van der Waals surface area contributed by atoms with E-state index in [1.807, 2.05) is 36.4 Å². The van der Waals surface area contributed by atoms with Gasteiger partial charge in [0.2, 0.25) is 0 Å². The maximum absolute atomic E-state index is 12.0. The van der Waals surface area contributed by atoms with Gasteiger partial charge in [-0.25, -0.2) is 9.59 Å². The molecule has 25 heavy (non-hydrogen) atoms. The molecule has 0 unspecified atom stereocenters. The van der Waals surface area contributed by atoms with E-state index in [1.54, 1.807) is 7.05 Å². The highest BCUT2D eigenvalue weighted by molar-refractivity contribution is 5.81. The molecule has 1 amide bonds. The van der Waals surface area contributed by atoms with Crippen molar-refractivity contribution >= 4 is 12.1 Å². The van der Waals surface area contributed by atoms with Crippen LogP contribution in [-0.4, -0.2) is 43.4 Å². The van der Waals surface area contributed by atoms with Crippen LogP contribution in [0, 0.1) is 0 Å². The van der Waals surface area contributed by atoms with Crippen molar-refractivity contribution < 1.29 is 19.4 Å². The van der Waals surface area contributed by atoms with Gasteiger partial charge >= 0.3 is 12.1 Å². The van der Waals surface area contributed by atoms with Crippen LogP contribution in [0.3, 0.4) is 0 Å². The van der Waals surface area contributed by atoms with E-state index < -0.39 is 18.1 Å². The van der Waals surface area contributed by atoms with E-state index in [9.17, 15) is 9.59 Å². The van der Waals surface area contributed by atoms with Gasteiger partial charge in [-0.2, -0.15) is 0 Å². The molecule has 0 bridgehead atoms. The van der Waals surface area contributed by atoms with Crippen molar-refractivity contribution in [1.82, 2.24) is 10.6 Å². The van der Waals surface area contributed by atoms with Crippen molar-refractivity contribution in [2.75, 3.05) is 20.2 Å². The number of likely N-dealkylation sites (N-methyl/N-ethyl adjacent to an activating group) is 1. The molecule has 3 N–H and O–H groups in total. The molecule has 0 saturated heterocycles. The van der Waals surface area contributed by atoms with Crippen LogP contribution >= 0.6 is 0 Å². The summed E-state index contributed by atoms with van der Waals surface area (Å²) in [6, 6.07) is 15.0. The number of aliphatic carboxylic acids is 1. The van der Waals surface area contributed by atoms with Crippen LogP contribution in [0.4, 0.5) is 4.79 Å². The van der Waals surface area contributed by atoms with Crippen LogP contribution in [0.25, 0.3) is 11.1 Å². The van der Waals surface area contributed by atoms with Gasteiger partial charge in [-0.05, 0) is 29.3 Å². The van der Waals surface area contributed by atoms with E-state index >= 15 is 0 Å². The smallest absolute Gasteiger partial charge is 0.407 e. The normalized spacial score (nSPS) is 13.6. The summed E-state index contributed by atoms with van der Waals surface area (Å²) in [6.07, 6.45) is -0.732. The number of rotatable bonds is 6. The lowest BCUT2D eigenvalue weighted by atomic mass is 9.98. The van der Waals surface area contributed by atoms with Gasteiger partial charge in [0, 0.05) is 12.5 Å². The number of amides is 1. The average Bonchev–Trinajstić information content (AvgIpc) is 2.93. The monoisotopic (exact) mass is 340 g/mol. The second-order valence-electron chi connectivity index (χ2n) is 5.92. The summed E-state index contributed by atoms with van der Waals surface area (Å²) < 4.78 is 5.33. The minimum Gasteiger partial charge on any atom is -0.480 e. The fraction of sp³-hybridized carbons (Fsp3) is 0.263. The molecule has 2 aromatic carbocycles. The first kappa shape index (κ1) is 17.0. The molecule has 0 radical (unpaired) electrons. The second-order valence-corrected chi connectivity index (χ2v) is 5.92. The Kier molecular flexibility index (Phi) is 5.00. The van der Waals surface area contributed by atoms with Gasteiger partial charge in [0.05, 0.1) is 0 Å². The Bertz CT molecular complexity index is 745. The van der Waals surface area contributed by atoms with Gasteiger partial charge in [-0.1, -0.05) is 48.5 Å². The van der Waals surface area contributed by atoms with Crippen LogP contribution in [0.2, 0.25) is 0 Å². The zero-order valence-electron chi connectivity index (χ0n) is 13.9. The Labute approximate surface area is 145 Å². The number of alkyl carbamates (subject to hydrolysis) is 1. The van der Waals surface area contributed by atoms with Crippen molar-refractivity contribution in [3.8, 4) is 11.1 Å². The molecule has 0 saturated carbocycles. The summed E-state index contributed by atoms with van der Waals surface area (Å²) in [7, 11) is 1.62. The summed E-state index contributed by atoms with van der Waals surface area (Å²) in [4.78, 5) is 23.1. The molecule has 1 aliphatic carbocycles. The molecule has 0 heterocycles. The van der Waals surface area contributed by atoms with E-state index in [1.165, 1.54) is 0 Å². The van der Waals surface area contributed by atoms with Crippen LogP contribution in [-0.2, 0) is 9.53 Å². The molecule has 2 aromatic rings. The number of nitrogens with one attached hydrogen (secondary N) is 2. The van der Waals surface area contributed by atoms with Crippen molar-refractivity contribution in [3.05, 3.63) is 59.7 Å². The molecule has 1 atom stereocenters. The molecule has 0 aliphatic heterocycles. The van der Waals surface area contributed by atoms with Crippen molar-refractivity contribution in [2.24, 2.45) is 0 Å². The number of hydrogen-bond acceptors (Lipinski definition) is 4. The van der Waals surface area contributed by atoms with Crippen LogP contribution < -0.4 is 10.6 Å². The second kappa shape index (κ2) is 7.36. The number of carbonyl (C=O) groups is 2. The molecular formula is C19H20N2O4. The average molecular weight is 340 g/mol. The number of ether oxygens (including phenoxy) is 1. The summed E-state index contributed by atoms with van der Waals surface area (Å²) in [5.74, 6) is -1.16. The first-order valence-corrected chi connectivity index (χ1v) is 8.10. The molecule has 6 heteroatoms. The van der Waals surface area contributed by atoms with Gasteiger partial charge in [0.1, 0.15) is 12.6 Å². The molecule has 1 aliphatic rings. The Balaban J connectivity index is 1.71. The number of fused-ring (bicyclic) bond motifs is 3. The van der Waals surface area contributed by atoms with E-state index in [4.69, 9.17) is 9.84 Å². The van der Waals surface area contributed by atoms with Crippen LogP contribution in [0.1, 0.15) is 17.0 Å². The molecule has 130 valence electrons. The number of benzene rings is 2. The lowest BCUT2D eigenvalue weighted by Crippen LogP contribution is -2.46. The number of hydrogen-bond donors (Lipinski definition) is 3. The Hall–Kier alpha value is -2.86. The van der Waals surface area contributed by atoms with E-state index in [0.717, 1.165) is 22.3 Å². The van der Waals surface area contributed by atoms with E-state index in [-0.39, 0.29) is 19.1 Å². The molecule has 0 spiro atoms. The number of carboxylic acid groups (broad SMARTS) is 1. The van der Waals surface area contributed by atoms with Crippen LogP contribution in [0.5, 0.6) is 0 Å². The van der Waals surface area contributed by atoms with Gasteiger partial charge < -0.3 is 20.5 Å². The van der Waals surface area contributed by atoms with E-state index in [2.05, 4.69) is 22.8 Å². The van der Waals surface area contributed by atoms with Crippen molar-refractivity contribution in [1.29, 1.82) is 0 Å². The largest absolute Gasteiger partial charge is 0.480 e. The highest BCUT2D eigenvalue weighted by atomic mass is 16.5. The number of carbonyl (C=O) groups excluding carboxylic acids is 1. The zero-order valence-corrected chi connectivity index (χ0v) is 13.9. The third kappa shape index (κ3) is 3.49. The predicted octanol–water partition coefficient (Wildman–Crippen LogP) is 2.20. The quantitative estimate of drug-likeness (QED) is 0.750. The lowest BCUT2D eigenvalue weighted by molar-refractivity contribution is -0.139. The van der Waals surface area contributed by atoms with E-state index in [0.29, 0.717) is 0 Å². The fourth-order valence-corrected chi connectivity index (χ4v) is 3.19. The van der Waals surface area contributed by atoms with Gasteiger partial charge in [-0.15, -0.1) is 0 Å². The van der Waals surface area contributed by atoms with Gasteiger partial charge in [0.15, 0.2) is 0 Å². The Morgan fingerprint density at radius 3 is 2.16 bits per heavy atom. The maximum Gasteiger partial charge on any atom is 0.407 e. The lowest BCUT2D eigenvalue weighted by Gasteiger charge is -2.17. The van der Waals surface area contributed by atoms with Crippen molar-refractivity contribution in [3.63, 3.8) is 0 Å². The first-order chi connectivity index (χ1) is 12.1. The highest BCUT2D eigenvalue weighted by Gasteiger charge is 2.29. The number of carboxylic acids is 1. The topological polar surface area (TPSA) is 87.7 Å². The molecule has 0 fully saturated rings. The highest BCUT2D eigenvalue weighted by Crippen LogP contribution is 2.44. The molecular weight excluding hydrogens is 320 g/mol. The minimum atomic E-state index is -1.11. The van der Waals surface area contributed by atoms with Gasteiger partial charge in [0.25, 0.3) is 0 Å². The summed E-state index contributed by atoms with van der Waals surface area (Å²) in [5, 5.41) is 14.2. The predicted molar refractivity (Wildman–Crippen MR) is 93.6 cm³/mol. The summed E-state index contributed by atoms with van der Waals surface area (Å²) in [5.41, 5.74) is 4.51. The molecule has 3 rings (SSSR count). The standard InChI is InChI=1S/C19H20N2O4/c1-20-10-17(18(22)23)21-19(24)25-11-16-14-8-4-2-6-12(14)13-7-3-5-9-15(13)16/h2-9,16-17,20H,10-11H2,1H3,(H,21,24)(H,22,23)/t17-/m1/s1. The Morgan fingerprint density at radius 1 is 1.08 bits per heavy atom. The molecule has 6 nitrogen and oxygen atoms in total. The summed E-state index contributed by atoms with van der Waals surface area (Å²) in [6.45, 7) is 0.283. The van der Waals surface area contributed by atoms with Crippen LogP contribution in [0.15, 0.2) is 48.5 Å². The first-order valence-electron chi connectivity index (χ1n) is 8.10. The van der Waals surface area contributed by atoms with Crippen molar-refractivity contribution in [2.45, 2.75) is 12.0 Å². The Morgan fingerprint density at radius 2 is 1.64 bits per heavy atom. The molecule has 0 aromatic heterocycles. The maximum atomic E-state index is 12.0. The minimum absolute atomic E-state index is 0.0503. The third-order valence-electron chi connectivity index (χ3n) is 4.34. The summed E-state index contributed by atoms with van der Waals surface area (Å²) >= 11 is 0. The SMILES string of the molecule is CNC[C@@H](NC(=O)OCC1c2ccccc2-c2ccccc21)C(=O)O.